The maximum atomic E-state index is 11.5. The maximum Gasteiger partial charge on any atom is 0.356 e. The van der Waals surface area contributed by atoms with E-state index < -0.39 is 5.97 Å². The first-order valence-corrected chi connectivity index (χ1v) is 8.29. The van der Waals surface area contributed by atoms with Crippen molar-refractivity contribution < 1.29 is 9.90 Å². The molecule has 1 heterocycles. The van der Waals surface area contributed by atoms with Gasteiger partial charge in [-0.25, -0.2) is 9.78 Å². The summed E-state index contributed by atoms with van der Waals surface area (Å²) in [4.78, 5) is 16.4. The first-order chi connectivity index (χ1) is 10.5. The van der Waals surface area contributed by atoms with Crippen LogP contribution in [-0.4, -0.2) is 16.1 Å². The van der Waals surface area contributed by atoms with Gasteiger partial charge in [0.25, 0.3) is 0 Å². The second kappa shape index (κ2) is 6.20. The third-order valence-corrected chi connectivity index (χ3v) is 4.92. The van der Waals surface area contributed by atoms with Crippen LogP contribution < -0.4 is 0 Å². The van der Waals surface area contributed by atoms with E-state index in [1.807, 2.05) is 30.3 Å². The lowest BCUT2D eigenvalue weighted by Gasteiger charge is -1.99. The van der Waals surface area contributed by atoms with E-state index in [9.17, 15) is 9.90 Å². The van der Waals surface area contributed by atoms with Gasteiger partial charge in [0.1, 0.15) is 5.01 Å². The molecule has 0 fully saturated rings. The highest BCUT2D eigenvalue weighted by atomic mass is 79.9. The van der Waals surface area contributed by atoms with Crippen LogP contribution in [0.1, 0.15) is 10.5 Å². The number of aromatic carboxylic acids is 1. The number of thiazole rings is 1. The number of carbonyl (C=O) groups is 1. The molecule has 3 aromatic rings. The van der Waals surface area contributed by atoms with Crippen molar-refractivity contribution in [2.24, 2.45) is 0 Å². The zero-order valence-electron chi connectivity index (χ0n) is 11.1. The molecule has 0 unspecified atom stereocenters. The molecule has 0 saturated carbocycles. The van der Waals surface area contributed by atoms with Crippen molar-refractivity contribution in [1.82, 2.24) is 4.98 Å². The number of hydrogen-bond acceptors (Lipinski definition) is 3. The molecule has 1 N–H and O–H groups in total. The second-order valence-electron chi connectivity index (χ2n) is 4.52. The molecular weight excluding hydrogens is 386 g/mol. The number of aromatic nitrogens is 1. The molecule has 0 atom stereocenters. The van der Waals surface area contributed by atoms with Crippen molar-refractivity contribution >= 4 is 44.8 Å². The van der Waals surface area contributed by atoms with Crippen LogP contribution in [0, 0.1) is 0 Å². The van der Waals surface area contributed by atoms with Gasteiger partial charge in [0, 0.05) is 15.1 Å². The van der Waals surface area contributed by atoms with Gasteiger partial charge in [-0.2, -0.15) is 0 Å². The Morgan fingerprint density at radius 2 is 1.86 bits per heavy atom. The van der Waals surface area contributed by atoms with Gasteiger partial charge in [-0.05, 0) is 29.8 Å². The Labute approximate surface area is 144 Å². The lowest BCUT2D eigenvalue weighted by molar-refractivity contribution is 0.0692. The smallest absolute Gasteiger partial charge is 0.356 e. The minimum Gasteiger partial charge on any atom is -0.476 e. The number of carboxylic acids is 1. The zero-order valence-corrected chi connectivity index (χ0v) is 14.2. The summed E-state index contributed by atoms with van der Waals surface area (Å²) in [6.07, 6.45) is 0. The van der Waals surface area contributed by atoms with Crippen LogP contribution in [0.15, 0.2) is 53.0 Å². The van der Waals surface area contributed by atoms with Gasteiger partial charge in [0.05, 0.1) is 4.88 Å². The van der Waals surface area contributed by atoms with Crippen LogP contribution >= 0.6 is 38.9 Å². The highest BCUT2D eigenvalue weighted by Crippen LogP contribution is 2.36. The SMILES string of the molecule is O=C(O)c1nc(-c2ccc(Br)cc2)sc1-c1cccc(Cl)c1. The van der Waals surface area contributed by atoms with Crippen LogP contribution in [0.4, 0.5) is 0 Å². The zero-order chi connectivity index (χ0) is 15.7. The van der Waals surface area contributed by atoms with Gasteiger partial charge in [-0.1, -0.05) is 51.8 Å². The van der Waals surface area contributed by atoms with Gasteiger partial charge in [-0.3, -0.25) is 0 Å². The fraction of sp³-hybridized carbons (Fsp3) is 0. The Bertz CT molecular complexity index is 846. The molecule has 6 heteroatoms. The van der Waals surface area contributed by atoms with Crippen molar-refractivity contribution in [2.75, 3.05) is 0 Å². The summed E-state index contributed by atoms with van der Waals surface area (Å²) in [5.41, 5.74) is 1.68. The molecule has 0 radical (unpaired) electrons. The third kappa shape index (κ3) is 3.06. The number of hydrogen-bond donors (Lipinski definition) is 1. The van der Waals surface area contributed by atoms with Crippen molar-refractivity contribution in [3.8, 4) is 21.0 Å². The first-order valence-electron chi connectivity index (χ1n) is 6.30. The topological polar surface area (TPSA) is 50.2 Å². The molecule has 2 aromatic carbocycles. The van der Waals surface area contributed by atoms with Crippen molar-refractivity contribution in [3.05, 3.63) is 63.7 Å². The molecule has 0 amide bonds. The summed E-state index contributed by atoms with van der Waals surface area (Å²) in [5, 5.41) is 10.6. The van der Waals surface area contributed by atoms with Crippen molar-refractivity contribution in [2.45, 2.75) is 0 Å². The number of halogens is 2. The fourth-order valence-electron chi connectivity index (χ4n) is 2.01. The summed E-state index contributed by atoms with van der Waals surface area (Å²) < 4.78 is 0.960. The highest BCUT2D eigenvalue weighted by Gasteiger charge is 2.19. The van der Waals surface area contributed by atoms with E-state index >= 15 is 0 Å². The van der Waals surface area contributed by atoms with Crippen LogP contribution in [-0.2, 0) is 0 Å². The van der Waals surface area contributed by atoms with Gasteiger partial charge in [0.15, 0.2) is 5.69 Å². The normalized spacial score (nSPS) is 10.6. The molecule has 3 rings (SSSR count). The monoisotopic (exact) mass is 393 g/mol. The molecule has 0 spiro atoms. The molecule has 1 aromatic heterocycles. The van der Waals surface area contributed by atoms with Gasteiger partial charge < -0.3 is 5.11 Å². The Hall–Kier alpha value is -1.69. The number of carboxylic acid groups (broad SMARTS) is 1. The molecule has 0 aliphatic carbocycles. The molecule has 0 saturated heterocycles. The predicted molar refractivity (Wildman–Crippen MR) is 92.7 cm³/mol. The van der Waals surface area contributed by atoms with E-state index in [0.29, 0.717) is 14.9 Å². The van der Waals surface area contributed by atoms with Gasteiger partial charge >= 0.3 is 5.97 Å². The van der Waals surface area contributed by atoms with E-state index in [2.05, 4.69) is 20.9 Å². The first kappa shape index (κ1) is 15.2. The Kier molecular flexibility index (Phi) is 4.29. The molecule has 0 aliphatic rings. The van der Waals surface area contributed by atoms with Gasteiger partial charge in [0.2, 0.25) is 0 Å². The average Bonchev–Trinajstić information content (AvgIpc) is 2.93. The lowest BCUT2D eigenvalue weighted by atomic mass is 10.1. The standard InChI is InChI=1S/C16H9BrClNO2S/c17-11-6-4-9(5-7-11)15-19-13(16(20)21)14(22-15)10-2-1-3-12(18)8-10/h1-8H,(H,20,21). The van der Waals surface area contributed by atoms with E-state index in [-0.39, 0.29) is 5.69 Å². The molecule has 3 nitrogen and oxygen atoms in total. The summed E-state index contributed by atoms with van der Waals surface area (Å²) >= 11 is 10.7. The number of nitrogens with zero attached hydrogens (tertiary/aromatic N) is 1. The predicted octanol–water partition coefficient (Wildman–Crippen LogP) is 5.59. The highest BCUT2D eigenvalue weighted by molar-refractivity contribution is 9.10. The van der Waals surface area contributed by atoms with Crippen LogP contribution in [0.2, 0.25) is 5.02 Å². The number of benzene rings is 2. The third-order valence-electron chi connectivity index (χ3n) is 3.01. The fourth-order valence-corrected chi connectivity index (χ4v) is 3.52. The number of rotatable bonds is 3. The van der Waals surface area contributed by atoms with Crippen molar-refractivity contribution in [3.63, 3.8) is 0 Å². The summed E-state index contributed by atoms with van der Waals surface area (Å²) in [6, 6.07) is 14.7. The van der Waals surface area contributed by atoms with E-state index in [0.717, 1.165) is 15.6 Å². The van der Waals surface area contributed by atoms with E-state index in [1.165, 1.54) is 11.3 Å². The van der Waals surface area contributed by atoms with Crippen molar-refractivity contribution in [1.29, 1.82) is 0 Å². The largest absolute Gasteiger partial charge is 0.476 e. The maximum absolute atomic E-state index is 11.5. The van der Waals surface area contributed by atoms with Crippen LogP contribution in [0.3, 0.4) is 0 Å². The average molecular weight is 395 g/mol. The summed E-state index contributed by atoms with van der Waals surface area (Å²) in [6.45, 7) is 0. The van der Waals surface area contributed by atoms with E-state index in [4.69, 9.17) is 11.6 Å². The quantitative estimate of drug-likeness (QED) is 0.630. The summed E-state index contributed by atoms with van der Waals surface area (Å²) in [5.74, 6) is -1.05. The van der Waals surface area contributed by atoms with Crippen LogP contribution in [0.25, 0.3) is 21.0 Å². The Balaban J connectivity index is 2.14. The Morgan fingerprint density at radius 3 is 2.50 bits per heavy atom. The molecular formula is C16H9BrClNO2S. The molecule has 22 heavy (non-hydrogen) atoms. The molecule has 110 valence electrons. The lowest BCUT2D eigenvalue weighted by Crippen LogP contribution is -1.98. The van der Waals surface area contributed by atoms with Gasteiger partial charge in [-0.15, -0.1) is 11.3 Å². The minimum absolute atomic E-state index is 0.0465. The molecule has 0 bridgehead atoms. The van der Waals surface area contributed by atoms with Crippen LogP contribution in [0.5, 0.6) is 0 Å². The van der Waals surface area contributed by atoms with E-state index in [1.54, 1.807) is 18.2 Å². The minimum atomic E-state index is -1.05. The summed E-state index contributed by atoms with van der Waals surface area (Å²) in [7, 11) is 0. The second-order valence-corrected chi connectivity index (χ2v) is 6.87. The molecule has 0 aliphatic heterocycles. The Morgan fingerprint density at radius 1 is 1.14 bits per heavy atom.